The summed E-state index contributed by atoms with van der Waals surface area (Å²) in [5, 5.41) is 11.3. The highest BCUT2D eigenvalue weighted by atomic mass is 28.3. The minimum absolute atomic E-state index is 0.0134. The van der Waals surface area contributed by atoms with Gasteiger partial charge >= 0.3 is 18.0 Å². The lowest BCUT2D eigenvalue weighted by molar-refractivity contribution is -0.149. The summed E-state index contributed by atoms with van der Waals surface area (Å²) in [4.78, 5) is 40.4. The summed E-state index contributed by atoms with van der Waals surface area (Å²) < 4.78 is 13.3. The lowest BCUT2D eigenvalue weighted by atomic mass is 9.92. The summed E-state index contributed by atoms with van der Waals surface area (Å²) in [5.41, 5.74) is -1.06. The Balaban J connectivity index is 1.93. The van der Waals surface area contributed by atoms with E-state index < -0.39 is 43.3 Å². The Morgan fingerprint density at radius 2 is 1.89 bits per heavy atom. The summed E-state index contributed by atoms with van der Waals surface area (Å²) in [6.45, 7) is 15.9. The molecular formula is C27H38N2O6Si. The molecule has 1 aromatic carbocycles. The molecule has 1 saturated heterocycles. The number of aromatic nitrogens is 1. The smallest absolute Gasteiger partial charge is 0.411 e. The van der Waals surface area contributed by atoms with Crippen LogP contribution in [0.1, 0.15) is 44.1 Å². The van der Waals surface area contributed by atoms with Crippen molar-refractivity contribution in [3.05, 3.63) is 48.7 Å². The molecular weight excluding hydrogens is 476 g/mol. The van der Waals surface area contributed by atoms with Gasteiger partial charge in [0.1, 0.15) is 22.9 Å². The number of hydrogen-bond donors (Lipinski definition) is 1. The Morgan fingerprint density at radius 1 is 1.22 bits per heavy atom. The Bertz CT molecular complexity index is 1160. The summed E-state index contributed by atoms with van der Waals surface area (Å²) >= 11 is 0. The van der Waals surface area contributed by atoms with Gasteiger partial charge in [-0.3, -0.25) is 4.90 Å². The zero-order chi connectivity index (χ0) is 26.9. The lowest BCUT2D eigenvalue weighted by Gasteiger charge is -2.36. The van der Waals surface area contributed by atoms with Crippen molar-refractivity contribution in [1.82, 2.24) is 9.47 Å². The number of benzene rings is 1. The number of carboxylic acids is 1. The van der Waals surface area contributed by atoms with Crippen molar-refractivity contribution >= 4 is 37.0 Å². The third kappa shape index (κ3) is 6.00. The molecule has 1 aliphatic rings. The molecule has 9 heteroatoms. The molecule has 1 N–H and O–H groups in total. The van der Waals surface area contributed by atoms with Crippen LogP contribution in [0.2, 0.25) is 25.7 Å². The molecule has 3 rings (SSSR count). The van der Waals surface area contributed by atoms with Crippen molar-refractivity contribution in [3.63, 3.8) is 0 Å². The minimum Gasteiger partial charge on any atom is -0.479 e. The van der Waals surface area contributed by atoms with E-state index in [4.69, 9.17) is 9.47 Å². The van der Waals surface area contributed by atoms with E-state index in [0.29, 0.717) is 18.3 Å². The molecule has 8 nitrogen and oxygen atoms in total. The highest BCUT2D eigenvalue weighted by Gasteiger charge is 2.56. The Hall–Kier alpha value is -3.07. The lowest BCUT2D eigenvalue weighted by Crippen LogP contribution is -2.54. The molecule has 36 heavy (non-hydrogen) atoms. The largest absolute Gasteiger partial charge is 0.479 e. The average Bonchev–Trinajstić information content (AvgIpc) is 3.31. The van der Waals surface area contributed by atoms with E-state index in [1.54, 1.807) is 32.9 Å². The number of rotatable bonds is 8. The van der Waals surface area contributed by atoms with Gasteiger partial charge in [0.05, 0.1) is 6.54 Å². The first kappa shape index (κ1) is 27.5. The number of likely N-dealkylation sites (tertiary alicyclic amines) is 1. The van der Waals surface area contributed by atoms with Gasteiger partial charge in [-0.15, -0.1) is 6.58 Å². The molecule has 2 atom stereocenters. The fourth-order valence-electron chi connectivity index (χ4n) is 4.62. The van der Waals surface area contributed by atoms with E-state index in [1.807, 2.05) is 28.8 Å². The second-order valence-corrected chi connectivity index (χ2v) is 17.3. The average molecular weight is 515 g/mol. The molecule has 0 saturated carbocycles. The molecule has 1 aliphatic heterocycles. The minimum atomic E-state index is -1.63. The van der Waals surface area contributed by atoms with Crippen LogP contribution in [-0.4, -0.2) is 64.5 Å². The number of carboxylic acid groups (broad SMARTS) is 1. The zero-order valence-corrected chi connectivity index (χ0v) is 23.2. The number of hydrogen-bond acceptors (Lipinski definition) is 5. The van der Waals surface area contributed by atoms with Crippen LogP contribution in [0.15, 0.2) is 43.0 Å². The van der Waals surface area contributed by atoms with Gasteiger partial charge in [0, 0.05) is 31.9 Å². The number of nitrogens with zero attached hydrogens (tertiary/aromatic N) is 2. The van der Waals surface area contributed by atoms with Crippen LogP contribution in [0.4, 0.5) is 4.79 Å². The number of ether oxygens (including phenoxy) is 2. The van der Waals surface area contributed by atoms with Gasteiger partial charge in [0.15, 0.2) is 0 Å². The van der Waals surface area contributed by atoms with Crippen molar-refractivity contribution < 1.29 is 29.0 Å². The van der Waals surface area contributed by atoms with Gasteiger partial charge in [-0.25, -0.2) is 14.4 Å². The van der Waals surface area contributed by atoms with E-state index in [-0.39, 0.29) is 19.4 Å². The SMILES string of the molecule is C=CCn1c(C(=O)O[C@H]2CN(C(=O)OC(C)(C)C)[C@@](CC[Si](C)(C)C)(C(=O)O)C2)cc2ccccc21. The van der Waals surface area contributed by atoms with E-state index in [9.17, 15) is 19.5 Å². The van der Waals surface area contributed by atoms with Crippen LogP contribution in [0, 0.1) is 0 Å². The molecule has 0 unspecified atom stereocenters. The van der Waals surface area contributed by atoms with Crippen LogP contribution in [0.5, 0.6) is 0 Å². The molecule has 1 fully saturated rings. The maximum Gasteiger partial charge on any atom is 0.411 e. The molecule has 0 radical (unpaired) electrons. The number of fused-ring (bicyclic) bond motifs is 1. The van der Waals surface area contributed by atoms with E-state index >= 15 is 0 Å². The third-order valence-corrected chi connectivity index (χ3v) is 8.12. The number of carbonyl (C=O) groups excluding carboxylic acids is 2. The summed E-state index contributed by atoms with van der Waals surface area (Å²) in [6, 6.07) is 10.1. The Morgan fingerprint density at radius 3 is 2.47 bits per heavy atom. The second-order valence-electron chi connectivity index (χ2n) is 11.7. The highest BCUT2D eigenvalue weighted by molar-refractivity contribution is 6.76. The topological polar surface area (TPSA) is 98.1 Å². The van der Waals surface area contributed by atoms with Crippen molar-refractivity contribution in [2.75, 3.05) is 6.54 Å². The van der Waals surface area contributed by atoms with Crippen molar-refractivity contribution in [1.29, 1.82) is 0 Å². The Kier molecular flexibility index (Phi) is 7.74. The van der Waals surface area contributed by atoms with Gasteiger partial charge in [0.25, 0.3) is 0 Å². The molecule has 2 heterocycles. The maximum atomic E-state index is 13.3. The van der Waals surface area contributed by atoms with Crippen molar-refractivity contribution in [2.45, 2.75) is 83.1 Å². The fourth-order valence-corrected chi connectivity index (χ4v) is 5.78. The number of allylic oxidation sites excluding steroid dienone is 1. The quantitative estimate of drug-likeness (QED) is 0.282. The van der Waals surface area contributed by atoms with Gasteiger partial charge in [-0.2, -0.15) is 0 Å². The van der Waals surface area contributed by atoms with Gasteiger partial charge in [-0.1, -0.05) is 50.0 Å². The van der Waals surface area contributed by atoms with Gasteiger partial charge < -0.3 is 19.1 Å². The van der Waals surface area contributed by atoms with E-state index in [2.05, 4.69) is 26.2 Å². The van der Waals surface area contributed by atoms with Crippen LogP contribution in [0.3, 0.4) is 0 Å². The first-order valence-corrected chi connectivity index (χ1v) is 16.0. The maximum absolute atomic E-state index is 13.3. The number of carbonyl (C=O) groups is 3. The van der Waals surface area contributed by atoms with Crippen LogP contribution < -0.4 is 0 Å². The number of amides is 1. The van der Waals surface area contributed by atoms with Crippen LogP contribution >= 0.6 is 0 Å². The van der Waals surface area contributed by atoms with Crippen LogP contribution in [0.25, 0.3) is 10.9 Å². The van der Waals surface area contributed by atoms with Gasteiger partial charge in [0.2, 0.25) is 0 Å². The number of para-hydroxylation sites is 1. The monoisotopic (exact) mass is 514 g/mol. The summed E-state index contributed by atoms with van der Waals surface area (Å²) in [5.74, 6) is -1.67. The van der Waals surface area contributed by atoms with Crippen LogP contribution in [-0.2, 0) is 20.8 Å². The van der Waals surface area contributed by atoms with E-state index in [1.165, 1.54) is 4.90 Å². The molecule has 196 valence electrons. The highest BCUT2D eigenvalue weighted by Crippen LogP contribution is 2.39. The van der Waals surface area contributed by atoms with E-state index in [0.717, 1.165) is 10.9 Å². The molecule has 2 aromatic rings. The predicted octanol–water partition coefficient (Wildman–Crippen LogP) is 5.55. The second kappa shape index (κ2) is 10.1. The Labute approximate surface area is 213 Å². The predicted molar refractivity (Wildman–Crippen MR) is 142 cm³/mol. The molecule has 1 amide bonds. The number of esters is 1. The van der Waals surface area contributed by atoms with Gasteiger partial charge in [-0.05, 0) is 39.3 Å². The number of aliphatic carboxylic acids is 1. The fraction of sp³-hybridized carbons (Fsp3) is 0.519. The first-order chi connectivity index (χ1) is 16.7. The summed E-state index contributed by atoms with van der Waals surface area (Å²) in [7, 11) is -1.63. The zero-order valence-electron chi connectivity index (χ0n) is 22.2. The molecule has 1 aromatic heterocycles. The molecule has 0 bridgehead atoms. The standard InChI is InChI=1S/C27H38N2O6Si/c1-8-14-28-21-12-10-9-11-19(21)16-22(28)23(30)34-20-17-27(24(31)32,13-15-36(5,6)7)29(18-20)25(33)35-26(2,3)4/h8-12,16,20H,1,13-15,17-18H2,2-7H3,(H,31,32)/t20-,27-/m1/s1. The van der Waals surface area contributed by atoms with Crippen molar-refractivity contribution in [2.24, 2.45) is 0 Å². The third-order valence-electron chi connectivity index (χ3n) is 6.37. The molecule has 0 spiro atoms. The van der Waals surface area contributed by atoms with Crippen molar-refractivity contribution in [3.8, 4) is 0 Å². The summed E-state index contributed by atoms with van der Waals surface area (Å²) in [6.07, 6.45) is 0.508. The molecule has 0 aliphatic carbocycles. The normalized spacial score (nSPS) is 20.4. The first-order valence-electron chi connectivity index (χ1n) is 12.3.